The molecule has 0 aliphatic rings. The highest BCUT2D eigenvalue weighted by atomic mass is 31.2. The molecule has 0 spiro atoms. The van der Waals surface area contributed by atoms with Gasteiger partial charge < -0.3 is 4.57 Å². The van der Waals surface area contributed by atoms with Gasteiger partial charge in [0.2, 0.25) is 0 Å². The highest BCUT2D eigenvalue weighted by molar-refractivity contribution is 7.85. The molecule has 0 N–H and O–H groups in total. The molecule has 3 aromatic carbocycles. The third kappa shape index (κ3) is 4.73. The molecule has 0 fully saturated rings. The van der Waals surface area contributed by atoms with Gasteiger partial charge in [0.15, 0.2) is 7.14 Å². The molecule has 0 amide bonds. The topological polar surface area (TPSA) is 30.0 Å². The van der Waals surface area contributed by atoms with Crippen molar-refractivity contribution in [2.45, 2.75) is 45.8 Å². The van der Waals surface area contributed by atoms with Crippen molar-refractivity contribution in [3.63, 3.8) is 0 Å². The fourth-order valence-corrected chi connectivity index (χ4v) is 8.80. The van der Waals surface area contributed by atoms with E-state index in [9.17, 15) is 4.57 Å². The molecule has 1 aromatic heterocycles. The molecule has 0 aliphatic heterocycles. The van der Waals surface area contributed by atoms with E-state index in [-0.39, 0.29) is 0 Å². The lowest BCUT2D eigenvalue weighted by Crippen LogP contribution is -2.41. The van der Waals surface area contributed by atoms with Crippen molar-refractivity contribution in [3.05, 3.63) is 103 Å². The number of hydrogen-bond acceptors (Lipinski definition) is 2. The van der Waals surface area contributed by atoms with Crippen molar-refractivity contribution in [2.24, 2.45) is 0 Å². The molecule has 174 valence electrons. The summed E-state index contributed by atoms with van der Waals surface area (Å²) in [7, 11) is -4.53. The SMILES string of the molecule is CCC(C)c1cc(-c2cccc(P(=O)(c3ccccc3)c3ccccc3)c2)ncc1[Si](C)(C)C. The fraction of sp³-hybridized carbons (Fsp3) is 0.233. The van der Waals surface area contributed by atoms with E-state index in [4.69, 9.17) is 4.98 Å². The number of rotatable bonds is 7. The van der Waals surface area contributed by atoms with Gasteiger partial charge in [0.25, 0.3) is 0 Å². The number of pyridine rings is 1. The third-order valence-electron chi connectivity index (χ3n) is 6.63. The van der Waals surface area contributed by atoms with Crippen LogP contribution in [0, 0.1) is 0 Å². The van der Waals surface area contributed by atoms with Crippen LogP contribution in [0.4, 0.5) is 0 Å². The Labute approximate surface area is 205 Å². The Hall–Kier alpha value is -2.74. The highest BCUT2D eigenvalue weighted by Gasteiger charge is 2.30. The van der Waals surface area contributed by atoms with Crippen LogP contribution >= 0.6 is 7.14 Å². The summed E-state index contributed by atoms with van der Waals surface area (Å²) >= 11 is 0. The summed E-state index contributed by atoms with van der Waals surface area (Å²) in [5, 5.41) is 3.96. The Kier molecular flexibility index (Phi) is 7.07. The van der Waals surface area contributed by atoms with Crippen LogP contribution < -0.4 is 21.1 Å². The number of aromatic nitrogens is 1. The first kappa shape index (κ1) is 24.4. The second-order valence-corrected chi connectivity index (χ2v) is 17.9. The van der Waals surface area contributed by atoms with Crippen LogP contribution in [0.2, 0.25) is 19.6 Å². The summed E-state index contributed by atoms with van der Waals surface area (Å²) in [6.45, 7) is 11.7. The standard InChI is InChI=1S/C30H34NOPSi/c1-6-23(2)28-21-29(31-22-30(28)34(3,4)5)24-14-13-19-27(20-24)33(32,25-15-9-7-10-16-25)26-17-11-8-12-18-26/h7-23H,6H2,1-5H3. The second kappa shape index (κ2) is 9.86. The maximum atomic E-state index is 14.8. The summed E-state index contributed by atoms with van der Waals surface area (Å²) in [6.07, 6.45) is 3.20. The molecule has 0 radical (unpaired) electrons. The Bertz CT molecular complexity index is 1270. The second-order valence-electron chi connectivity index (χ2n) is 10.0. The van der Waals surface area contributed by atoms with Gasteiger partial charge in [0.1, 0.15) is 0 Å². The predicted octanol–water partition coefficient (Wildman–Crippen LogP) is 6.45. The van der Waals surface area contributed by atoms with Crippen LogP contribution in [0.15, 0.2) is 97.2 Å². The van der Waals surface area contributed by atoms with Crippen LogP contribution in [0.5, 0.6) is 0 Å². The first-order valence-electron chi connectivity index (χ1n) is 12.1. The molecule has 1 heterocycles. The Morgan fingerprint density at radius 2 is 1.35 bits per heavy atom. The van der Waals surface area contributed by atoms with E-state index < -0.39 is 15.2 Å². The molecule has 0 bridgehead atoms. The lowest BCUT2D eigenvalue weighted by molar-refractivity contribution is 0.592. The van der Waals surface area contributed by atoms with Gasteiger partial charge in [0, 0.05) is 27.7 Å². The Balaban J connectivity index is 1.88. The zero-order valence-electron chi connectivity index (χ0n) is 20.8. The molecular formula is C30H34NOPSi. The van der Waals surface area contributed by atoms with E-state index in [1.807, 2.05) is 72.8 Å². The van der Waals surface area contributed by atoms with E-state index >= 15 is 0 Å². The van der Waals surface area contributed by atoms with Crippen molar-refractivity contribution in [1.82, 2.24) is 4.98 Å². The third-order valence-corrected chi connectivity index (χ3v) is 11.7. The number of nitrogens with zero attached hydrogens (tertiary/aromatic N) is 1. The number of benzene rings is 3. The van der Waals surface area contributed by atoms with Crippen LogP contribution in [0.3, 0.4) is 0 Å². The Morgan fingerprint density at radius 3 is 1.88 bits per heavy atom. The molecule has 2 nitrogen and oxygen atoms in total. The molecule has 4 heteroatoms. The van der Waals surface area contributed by atoms with Gasteiger partial charge in [-0.05, 0) is 35.2 Å². The van der Waals surface area contributed by atoms with Crippen LogP contribution in [0.25, 0.3) is 11.3 Å². The minimum Gasteiger partial charge on any atom is -0.309 e. The van der Waals surface area contributed by atoms with E-state index in [0.717, 1.165) is 33.6 Å². The zero-order valence-corrected chi connectivity index (χ0v) is 22.7. The van der Waals surface area contributed by atoms with Crippen molar-refractivity contribution in [3.8, 4) is 11.3 Å². The van der Waals surface area contributed by atoms with Gasteiger partial charge in [-0.2, -0.15) is 0 Å². The van der Waals surface area contributed by atoms with Gasteiger partial charge in [-0.1, -0.05) is 112 Å². The molecule has 0 aliphatic carbocycles. The van der Waals surface area contributed by atoms with Crippen LogP contribution in [0.1, 0.15) is 31.7 Å². The summed E-state index contributed by atoms with van der Waals surface area (Å²) in [6, 6.07) is 30.1. The van der Waals surface area contributed by atoms with Crippen LogP contribution in [-0.2, 0) is 4.57 Å². The quantitative estimate of drug-likeness (QED) is 0.223. The summed E-state index contributed by atoms with van der Waals surface area (Å²) in [5.74, 6) is 0.478. The van der Waals surface area contributed by atoms with E-state index in [0.29, 0.717) is 5.92 Å². The van der Waals surface area contributed by atoms with Crippen molar-refractivity contribution >= 4 is 36.3 Å². The van der Waals surface area contributed by atoms with Gasteiger partial charge in [-0.3, -0.25) is 4.98 Å². The molecule has 0 saturated heterocycles. The van der Waals surface area contributed by atoms with E-state index in [1.54, 1.807) is 0 Å². The minimum atomic E-state index is -3.02. The molecule has 1 atom stereocenters. The molecule has 4 aromatic rings. The molecular weight excluding hydrogens is 449 g/mol. The van der Waals surface area contributed by atoms with Crippen molar-refractivity contribution in [2.75, 3.05) is 0 Å². The average Bonchev–Trinajstić information content (AvgIpc) is 2.88. The Morgan fingerprint density at radius 1 is 0.794 bits per heavy atom. The molecule has 1 unspecified atom stereocenters. The van der Waals surface area contributed by atoms with Gasteiger partial charge in [-0.25, -0.2) is 0 Å². The zero-order chi connectivity index (χ0) is 24.3. The van der Waals surface area contributed by atoms with Gasteiger partial charge >= 0.3 is 0 Å². The first-order valence-corrected chi connectivity index (χ1v) is 17.3. The van der Waals surface area contributed by atoms with E-state index in [1.165, 1.54) is 10.8 Å². The smallest absolute Gasteiger partial charge is 0.171 e. The van der Waals surface area contributed by atoms with Crippen molar-refractivity contribution < 1.29 is 4.57 Å². The van der Waals surface area contributed by atoms with Gasteiger partial charge in [0.05, 0.1) is 13.8 Å². The summed E-state index contributed by atoms with van der Waals surface area (Å²) in [4.78, 5) is 4.91. The first-order chi connectivity index (χ1) is 16.2. The van der Waals surface area contributed by atoms with E-state index in [2.05, 4.69) is 57.9 Å². The molecule has 4 rings (SSSR count). The summed E-state index contributed by atoms with van der Waals surface area (Å²) < 4.78 is 14.8. The largest absolute Gasteiger partial charge is 0.309 e. The monoisotopic (exact) mass is 483 g/mol. The molecule has 0 saturated carbocycles. The average molecular weight is 484 g/mol. The lowest BCUT2D eigenvalue weighted by atomic mass is 9.97. The predicted molar refractivity (Wildman–Crippen MR) is 151 cm³/mol. The maximum Gasteiger partial charge on any atom is 0.171 e. The van der Waals surface area contributed by atoms with Crippen molar-refractivity contribution in [1.29, 1.82) is 0 Å². The van der Waals surface area contributed by atoms with Crippen LogP contribution in [-0.4, -0.2) is 13.1 Å². The van der Waals surface area contributed by atoms with Gasteiger partial charge in [-0.15, -0.1) is 0 Å². The highest BCUT2D eigenvalue weighted by Crippen LogP contribution is 2.42. The lowest BCUT2D eigenvalue weighted by Gasteiger charge is -2.24. The maximum absolute atomic E-state index is 14.8. The normalized spacial score (nSPS) is 13.0. The minimum absolute atomic E-state index is 0.478. The molecule has 34 heavy (non-hydrogen) atoms. The number of hydrogen-bond donors (Lipinski definition) is 0. The summed E-state index contributed by atoms with van der Waals surface area (Å²) in [5.41, 5.74) is 3.37. The fourth-order valence-electron chi connectivity index (χ4n) is 4.47.